The van der Waals surface area contributed by atoms with Gasteiger partial charge in [-0.2, -0.15) is 0 Å². The van der Waals surface area contributed by atoms with Crippen molar-refractivity contribution in [2.24, 2.45) is 0 Å². The largest absolute Gasteiger partial charge is 0.343 e. The molecule has 0 amide bonds. The molecule has 0 fully saturated rings. The van der Waals surface area contributed by atoms with Crippen LogP contribution in [0.15, 0.2) is 24.7 Å². The minimum Gasteiger partial charge on any atom is -0.343 e. The third-order valence-electron chi connectivity index (χ3n) is 1.19. The maximum absolute atomic E-state index is 4.00. The van der Waals surface area contributed by atoms with Gasteiger partial charge in [0, 0.05) is 12.3 Å². The zero-order valence-corrected chi connectivity index (χ0v) is 5.15. The highest BCUT2D eigenvalue weighted by molar-refractivity contribution is 5.68. The molecule has 0 saturated carbocycles. The third kappa shape index (κ3) is 0.844. The van der Waals surface area contributed by atoms with Gasteiger partial charge < -0.3 is 4.98 Å². The minimum absolute atomic E-state index is 0. The van der Waals surface area contributed by atoms with E-state index in [9.17, 15) is 0 Å². The molecule has 0 aromatic carbocycles. The molecule has 0 aliphatic carbocycles. The molecule has 0 bridgehead atoms. The lowest BCUT2D eigenvalue weighted by Crippen LogP contribution is -1.71. The van der Waals surface area contributed by atoms with E-state index in [2.05, 4.69) is 15.0 Å². The zero-order chi connectivity index (χ0) is 6.10. The van der Waals surface area contributed by atoms with Gasteiger partial charge in [0.15, 0.2) is 5.65 Å². The zero-order valence-electron chi connectivity index (χ0n) is 5.15. The molecule has 1 N–H and O–H groups in total. The molecule has 2 aromatic heterocycles. The lowest BCUT2D eigenvalue weighted by atomic mass is 10.4. The van der Waals surface area contributed by atoms with E-state index in [1.165, 1.54) is 0 Å². The molecular formula is C6H5N4. The molecule has 0 saturated heterocycles. The number of hydrogen-bond acceptors (Lipinski definition) is 2. The van der Waals surface area contributed by atoms with Crippen molar-refractivity contribution in [2.45, 2.75) is 0 Å². The Labute approximate surface area is 57.9 Å². The summed E-state index contributed by atoms with van der Waals surface area (Å²) in [7, 11) is 0. The SMILES string of the molecule is [N].c1cnc2nc[nH]c2c1. The number of imidazole rings is 1. The summed E-state index contributed by atoms with van der Waals surface area (Å²) < 4.78 is 0. The molecule has 4 nitrogen and oxygen atoms in total. The molecule has 4 heteroatoms. The first-order valence-corrected chi connectivity index (χ1v) is 2.71. The van der Waals surface area contributed by atoms with Crippen LogP contribution in [0.4, 0.5) is 0 Å². The smallest absolute Gasteiger partial charge is 0.177 e. The van der Waals surface area contributed by atoms with E-state index in [4.69, 9.17) is 0 Å². The first-order valence-electron chi connectivity index (χ1n) is 2.71. The second-order valence-corrected chi connectivity index (χ2v) is 1.78. The summed E-state index contributed by atoms with van der Waals surface area (Å²) >= 11 is 0. The van der Waals surface area contributed by atoms with E-state index in [0.29, 0.717) is 0 Å². The molecule has 10 heavy (non-hydrogen) atoms. The van der Waals surface area contributed by atoms with E-state index >= 15 is 0 Å². The number of nitrogens with zero attached hydrogens (tertiary/aromatic N) is 3. The van der Waals surface area contributed by atoms with Gasteiger partial charge in [0.1, 0.15) is 0 Å². The average Bonchev–Trinajstić information content (AvgIpc) is 2.33. The fraction of sp³-hybridized carbons (Fsp3) is 0. The first-order chi connectivity index (χ1) is 4.47. The van der Waals surface area contributed by atoms with Crippen LogP contribution < -0.4 is 6.15 Å². The van der Waals surface area contributed by atoms with Crippen LogP contribution in [0.25, 0.3) is 11.2 Å². The summed E-state index contributed by atoms with van der Waals surface area (Å²) in [6.07, 6.45) is 3.36. The maximum Gasteiger partial charge on any atom is 0.177 e. The van der Waals surface area contributed by atoms with Gasteiger partial charge in [-0.3, -0.25) is 0 Å². The third-order valence-corrected chi connectivity index (χ3v) is 1.19. The quantitative estimate of drug-likeness (QED) is 0.567. The van der Waals surface area contributed by atoms with Crippen LogP contribution in [0.2, 0.25) is 0 Å². The molecular weight excluding hydrogens is 128 g/mol. The lowest BCUT2D eigenvalue weighted by Gasteiger charge is -1.80. The number of aromatic nitrogens is 3. The van der Waals surface area contributed by atoms with Gasteiger partial charge in [0.05, 0.1) is 11.8 Å². The molecule has 0 aliphatic heterocycles. The number of hydrogen-bond donors (Lipinski definition) is 1. The summed E-state index contributed by atoms with van der Waals surface area (Å²) in [5.41, 5.74) is 1.76. The predicted molar refractivity (Wildman–Crippen MR) is 36.0 cm³/mol. The molecule has 0 aliphatic rings. The van der Waals surface area contributed by atoms with Crippen molar-refractivity contribution in [2.75, 3.05) is 0 Å². The summed E-state index contributed by atoms with van der Waals surface area (Å²) in [6, 6.07) is 3.82. The Bertz CT molecular complexity index is 284. The Morgan fingerprint density at radius 1 is 1.30 bits per heavy atom. The van der Waals surface area contributed by atoms with E-state index in [-0.39, 0.29) is 6.15 Å². The Morgan fingerprint density at radius 3 is 3.00 bits per heavy atom. The maximum atomic E-state index is 4.00. The van der Waals surface area contributed by atoms with Gasteiger partial charge in [-0.25, -0.2) is 9.97 Å². The molecule has 3 radical (unpaired) electrons. The van der Waals surface area contributed by atoms with Gasteiger partial charge in [0.25, 0.3) is 0 Å². The fourth-order valence-electron chi connectivity index (χ4n) is 0.775. The second kappa shape index (κ2) is 2.45. The number of aromatic amines is 1. The van der Waals surface area contributed by atoms with Crippen molar-refractivity contribution in [3.63, 3.8) is 0 Å². The Hall–Kier alpha value is -1.42. The van der Waals surface area contributed by atoms with Crippen molar-refractivity contribution in [1.29, 1.82) is 0 Å². The van der Waals surface area contributed by atoms with Crippen molar-refractivity contribution in [3.8, 4) is 0 Å². The van der Waals surface area contributed by atoms with Gasteiger partial charge in [-0.05, 0) is 12.1 Å². The fourth-order valence-corrected chi connectivity index (χ4v) is 0.775. The van der Waals surface area contributed by atoms with Crippen LogP contribution >= 0.6 is 0 Å². The topological polar surface area (TPSA) is 72.1 Å². The standard InChI is InChI=1S/C6H5N3.N/c1-2-5-6(7-3-1)9-4-8-5;/h1-4H,(H,7,8,9);. The van der Waals surface area contributed by atoms with Crippen molar-refractivity contribution >= 4 is 11.2 Å². The molecule has 2 aromatic rings. The highest BCUT2D eigenvalue weighted by Crippen LogP contribution is 2.01. The molecule has 0 unspecified atom stereocenters. The van der Waals surface area contributed by atoms with Gasteiger partial charge >= 0.3 is 0 Å². The van der Waals surface area contributed by atoms with Crippen LogP contribution in [0, 0.1) is 0 Å². The minimum atomic E-state index is 0. The van der Waals surface area contributed by atoms with Crippen molar-refractivity contribution in [3.05, 3.63) is 24.7 Å². The van der Waals surface area contributed by atoms with Gasteiger partial charge in [-0.1, -0.05) is 0 Å². The molecule has 2 heterocycles. The summed E-state index contributed by atoms with van der Waals surface area (Å²) in [5, 5.41) is 0. The van der Waals surface area contributed by atoms with Gasteiger partial charge in [-0.15, -0.1) is 0 Å². The van der Waals surface area contributed by atoms with E-state index in [1.807, 2.05) is 12.1 Å². The van der Waals surface area contributed by atoms with Gasteiger partial charge in [0.2, 0.25) is 0 Å². The van der Waals surface area contributed by atoms with Crippen molar-refractivity contribution in [1.82, 2.24) is 21.1 Å². The highest BCUT2D eigenvalue weighted by Gasteiger charge is 1.90. The monoisotopic (exact) mass is 133 g/mol. The second-order valence-electron chi connectivity index (χ2n) is 1.78. The summed E-state index contributed by atoms with van der Waals surface area (Å²) in [6.45, 7) is 0. The van der Waals surface area contributed by atoms with E-state index in [0.717, 1.165) is 11.2 Å². The van der Waals surface area contributed by atoms with Crippen LogP contribution in [0.5, 0.6) is 0 Å². The Balaban J connectivity index is 0.000000500. The Kier molecular flexibility index (Phi) is 1.64. The summed E-state index contributed by atoms with van der Waals surface area (Å²) in [5.74, 6) is 0. The number of nitrogens with one attached hydrogen (secondary N) is 1. The number of H-pyrrole nitrogens is 1. The predicted octanol–water partition coefficient (Wildman–Crippen LogP) is 0.477. The Morgan fingerprint density at radius 2 is 2.20 bits per heavy atom. The summed E-state index contributed by atoms with van der Waals surface area (Å²) in [4.78, 5) is 10.9. The average molecular weight is 133 g/mol. The number of fused-ring (bicyclic) bond motifs is 1. The molecule has 49 valence electrons. The van der Waals surface area contributed by atoms with Crippen molar-refractivity contribution < 1.29 is 0 Å². The lowest BCUT2D eigenvalue weighted by molar-refractivity contribution is 1.30. The van der Waals surface area contributed by atoms with E-state index < -0.39 is 0 Å². The molecule has 0 spiro atoms. The van der Waals surface area contributed by atoms with Crippen LogP contribution in [-0.4, -0.2) is 15.0 Å². The van der Waals surface area contributed by atoms with E-state index in [1.54, 1.807) is 12.5 Å². The normalized spacial score (nSPS) is 9.20. The number of pyridine rings is 1. The van der Waals surface area contributed by atoms with Crippen LogP contribution in [0.1, 0.15) is 0 Å². The number of rotatable bonds is 0. The molecule has 2 rings (SSSR count). The first kappa shape index (κ1) is 6.70. The van der Waals surface area contributed by atoms with Crippen LogP contribution in [-0.2, 0) is 0 Å². The highest BCUT2D eigenvalue weighted by atomic mass is 14.9. The molecule has 0 atom stereocenters. The van der Waals surface area contributed by atoms with Crippen LogP contribution in [0.3, 0.4) is 0 Å².